The molecule has 1 aliphatic rings. The van der Waals surface area contributed by atoms with Crippen molar-refractivity contribution in [2.45, 2.75) is 31.8 Å². The second-order valence-corrected chi connectivity index (χ2v) is 4.57. The van der Waals surface area contributed by atoms with Crippen LogP contribution in [0.2, 0.25) is 0 Å². The Hall–Kier alpha value is -0.520. The molecule has 1 unspecified atom stereocenters. The zero-order valence-electron chi connectivity index (χ0n) is 8.37. The molecule has 4 heteroatoms. The van der Waals surface area contributed by atoms with Gasteiger partial charge in [0.2, 0.25) is 0 Å². The van der Waals surface area contributed by atoms with Gasteiger partial charge in [0, 0.05) is 10.8 Å². The van der Waals surface area contributed by atoms with E-state index in [9.17, 15) is 4.79 Å². The van der Waals surface area contributed by atoms with Crippen molar-refractivity contribution in [2.75, 3.05) is 4.43 Å². The SMILES string of the molecule is O=C1OC(CI)CCCCc2occc21. The number of aryl methyl sites for hydroxylation is 1. The number of hydrogen-bond donors (Lipinski definition) is 0. The predicted molar refractivity (Wildman–Crippen MR) is 64.4 cm³/mol. The van der Waals surface area contributed by atoms with Crippen LogP contribution in [0.3, 0.4) is 0 Å². The Bertz CT molecular complexity index is 345. The number of fused-ring (bicyclic) bond motifs is 1. The quantitative estimate of drug-likeness (QED) is 0.454. The molecule has 15 heavy (non-hydrogen) atoms. The highest BCUT2D eigenvalue weighted by Gasteiger charge is 2.21. The molecule has 0 aromatic carbocycles. The Morgan fingerprint density at radius 1 is 1.47 bits per heavy atom. The van der Waals surface area contributed by atoms with E-state index in [1.165, 1.54) is 0 Å². The second-order valence-electron chi connectivity index (χ2n) is 3.68. The number of cyclic esters (lactones) is 1. The molecule has 0 amide bonds. The van der Waals surface area contributed by atoms with Crippen LogP contribution in [0.1, 0.15) is 35.4 Å². The molecular weight excluding hydrogens is 307 g/mol. The summed E-state index contributed by atoms with van der Waals surface area (Å²) in [5, 5.41) is 0. The van der Waals surface area contributed by atoms with E-state index >= 15 is 0 Å². The maximum Gasteiger partial charge on any atom is 0.342 e. The molecule has 3 nitrogen and oxygen atoms in total. The lowest BCUT2D eigenvalue weighted by atomic mass is 10.1. The van der Waals surface area contributed by atoms with Gasteiger partial charge in [0.25, 0.3) is 0 Å². The monoisotopic (exact) mass is 320 g/mol. The molecule has 0 bridgehead atoms. The minimum absolute atomic E-state index is 0.0546. The molecule has 1 aromatic heterocycles. The number of esters is 1. The molecule has 2 rings (SSSR count). The van der Waals surface area contributed by atoms with Crippen LogP contribution < -0.4 is 0 Å². The summed E-state index contributed by atoms with van der Waals surface area (Å²) in [6, 6.07) is 1.70. The molecule has 0 saturated heterocycles. The van der Waals surface area contributed by atoms with Gasteiger partial charge in [0.1, 0.15) is 17.4 Å². The van der Waals surface area contributed by atoms with Gasteiger partial charge in [0.15, 0.2) is 0 Å². The van der Waals surface area contributed by atoms with Crippen LogP contribution in [-0.4, -0.2) is 16.5 Å². The van der Waals surface area contributed by atoms with Gasteiger partial charge >= 0.3 is 5.97 Å². The summed E-state index contributed by atoms with van der Waals surface area (Å²) in [5.74, 6) is 0.538. The van der Waals surface area contributed by atoms with E-state index in [-0.39, 0.29) is 12.1 Å². The third-order valence-corrected chi connectivity index (χ3v) is 3.57. The van der Waals surface area contributed by atoms with Gasteiger partial charge in [-0.2, -0.15) is 0 Å². The summed E-state index contributed by atoms with van der Waals surface area (Å²) in [4.78, 5) is 11.8. The highest BCUT2D eigenvalue weighted by Crippen LogP contribution is 2.20. The Morgan fingerprint density at radius 3 is 3.13 bits per heavy atom. The van der Waals surface area contributed by atoms with Gasteiger partial charge in [-0.15, -0.1) is 0 Å². The van der Waals surface area contributed by atoms with Crippen LogP contribution >= 0.6 is 22.6 Å². The average Bonchev–Trinajstić information content (AvgIpc) is 2.70. The highest BCUT2D eigenvalue weighted by molar-refractivity contribution is 14.1. The fourth-order valence-electron chi connectivity index (χ4n) is 1.76. The second kappa shape index (κ2) is 5.01. The Balaban J connectivity index is 2.20. The summed E-state index contributed by atoms with van der Waals surface area (Å²) in [7, 11) is 0. The van der Waals surface area contributed by atoms with Crippen LogP contribution in [-0.2, 0) is 11.2 Å². The third kappa shape index (κ3) is 2.53. The minimum Gasteiger partial charge on any atom is -0.468 e. The van der Waals surface area contributed by atoms with Crippen molar-refractivity contribution < 1.29 is 13.9 Å². The zero-order valence-corrected chi connectivity index (χ0v) is 10.5. The van der Waals surface area contributed by atoms with Crippen molar-refractivity contribution in [1.29, 1.82) is 0 Å². The molecule has 82 valence electrons. The fraction of sp³-hybridized carbons (Fsp3) is 0.545. The number of halogens is 1. The normalized spacial score (nSPS) is 22.2. The first-order valence-corrected chi connectivity index (χ1v) is 6.67. The van der Waals surface area contributed by atoms with Crippen LogP contribution in [0.15, 0.2) is 16.7 Å². The van der Waals surface area contributed by atoms with Gasteiger partial charge < -0.3 is 9.15 Å². The first kappa shape index (κ1) is 11.0. The first-order valence-electron chi connectivity index (χ1n) is 5.14. The van der Waals surface area contributed by atoms with Crippen LogP contribution in [0.4, 0.5) is 0 Å². The van der Waals surface area contributed by atoms with E-state index < -0.39 is 0 Å². The number of alkyl halides is 1. The van der Waals surface area contributed by atoms with Gasteiger partial charge in [0.05, 0.1) is 6.26 Å². The smallest absolute Gasteiger partial charge is 0.342 e. The molecule has 0 spiro atoms. The van der Waals surface area contributed by atoms with E-state index in [2.05, 4.69) is 22.6 Å². The van der Waals surface area contributed by atoms with Crippen molar-refractivity contribution in [3.63, 3.8) is 0 Å². The molecule has 1 aliphatic heterocycles. The van der Waals surface area contributed by atoms with Gasteiger partial charge in [-0.05, 0) is 25.3 Å². The molecular formula is C11H13IO3. The van der Waals surface area contributed by atoms with E-state index in [0.717, 1.165) is 35.9 Å². The Kier molecular flexibility index (Phi) is 3.66. The number of carbonyl (C=O) groups is 1. The molecule has 0 saturated carbocycles. The topological polar surface area (TPSA) is 39.4 Å². The summed E-state index contributed by atoms with van der Waals surface area (Å²) >= 11 is 2.26. The average molecular weight is 320 g/mol. The predicted octanol–water partition coefficient (Wildman–Crippen LogP) is 2.97. The van der Waals surface area contributed by atoms with Crippen LogP contribution in [0.25, 0.3) is 0 Å². The van der Waals surface area contributed by atoms with E-state index in [1.54, 1.807) is 12.3 Å². The summed E-state index contributed by atoms with van der Waals surface area (Å²) in [6.07, 6.45) is 5.56. The number of carbonyl (C=O) groups excluding carboxylic acids is 1. The van der Waals surface area contributed by atoms with Gasteiger partial charge in [-0.25, -0.2) is 4.79 Å². The summed E-state index contributed by atoms with van der Waals surface area (Å²) in [6.45, 7) is 0. The molecule has 0 fully saturated rings. The van der Waals surface area contributed by atoms with Crippen molar-refractivity contribution in [1.82, 2.24) is 0 Å². The minimum atomic E-state index is -0.234. The lowest BCUT2D eigenvalue weighted by molar-refractivity contribution is 0.0339. The number of hydrogen-bond acceptors (Lipinski definition) is 3. The number of ether oxygens (including phenoxy) is 1. The van der Waals surface area contributed by atoms with Crippen LogP contribution in [0.5, 0.6) is 0 Å². The lowest BCUT2D eigenvalue weighted by Gasteiger charge is -2.13. The van der Waals surface area contributed by atoms with Crippen molar-refractivity contribution in [3.8, 4) is 0 Å². The van der Waals surface area contributed by atoms with Crippen molar-refractivity contribution >= 4 is 28.6 Å². The summed E-state index contributed by atoms with van der Waals surface area (Å²) < 4.78 is 11.5. The maximum atomic E-state index is 11.8. The summed E-state index contributed by atoms with van der Waals surface area (Å²) in [5.41, 5.74) is 0.603. The van der Waals surface area contributed by atoms with E-state index in [0.29, 0.717) is 5.56 Å². The Morgan fingerprint density at radius 2 is 2.33 bits per heavy atom. The molecule has 2 heterocycles. The maximum absolute atomic E-state index is 11.8. The molecule has 0 radical (unpaired) electrons. The number of rotatable bonds is 1. The largest absolute Gasteiger partial charge is 0.468 e. The number of furan rings is 1. The molecule has 1 aromatic rings. The van der Waals surface area contributed by atoms with Gasteiger partial charge in [-0.3, -0.25) is 0 Å². The van der Waals surface area contributed by atoms with E-state index in [1.807, 2.05) is 0 Å². The molecule has 0 aliphatic carbocycles. The van der Waals surface area contributed by atoms with Crippen LogP contribution in [0, 0.1) is 0 Å². The standard InChI is InChI=1S/C11H13IO3/c12-7-8-3-1-2-4-10-9(5-6-14-10)11(13)15-8/h5-6,8H,1-4,7H2. The molecule has 1 atom stereocenters. The van der Waals surface area contributed by atoms with Crippen molar-refractivity contribution in [3.05, 3.63) is 23.7 Å². The first-order chi connectivity index (χ1) is 7.31. The zero-order chi connectivity index (χ0) is 10.7. The fourth-order valence-corrected chi connectivity index (χ4v) is 2.38. The lowest BCUT2D eigenvalue weighted by Crippen LogP contribution is -2.19. The Labute approximate surface area is 102 Å². The van der Waals surface area contributed by atoms with E-state index in [4.69, 9.17) is 9.15 Å². The molecule has 0 N–H and O–H groups in total. The third-order valence-electron chi connectivity index (χ3n) is 2.59. The van der Waals surface area contributed by atoms with Gasteiger partial charge in [-0.1, -0.05) is 22.6 Å². The highest BCUT2D eigenvalue weighted by atomic mass is 127. The van der Waals surface area contributed by atoms with Crippen molar-refractivity contribution in [2.24, 2.45) is 0 Å².